The average Bonchev–Trinajstić information content (AvgIpc) is 2.35. The van der Waals surface area contributed by atoms with E-state index >= 15 is 0 Å². The van der Waals surface area contributed by atoms with Crippen LogP contribution in [0.4, 0.5) is 0 Å². The molecule has 1 heterocycles. The third-order valence-corrected chi connectivity index (χ3v) is 2.96. The molecule has 66 valence electrons. The standard InChI is InChI=1S/C9H15N3/c1-12-6-3-8(11-12)9(7-10)4-2-5-9/h3,6H,2,4-5,7,10H2,1H3. The van der Waals surface area contributed by atoms with Crippen molar-refractivity contribution in [3.8, 4) is 0 Å². The molecule has 0 radical (unpaired) electrons. The summed E-state index contributed by atoms with van der Waals surface area (Å²) in [5, 5.41) is 4.41. The van der Waals surface area contributed by atoms with E-state index < -0.39 is 0 Å². The van der Waals surface area contributed by atoms with Crippen LogP contribution in [0.2, 0.25) is 0 Å². The van der Waals surface area contributed by atoms with Crippen molar-refractivity contribution in [1.29, 1.82) is 0 Å². The molecule has 12 heavy (non-hydrogen) atoms. The zero-order valence-electron chi connectivity index (χ0n) is 7.45. The first-order valence-corrected chi connectivity index (χ1v) is 4.47. The van der Waals surface area contributed by atoms with Gasteiger partial charge in [-0.2, -0.15) is 5.10 Å². The quantitative estimate of drug-likeness (QED) is 0.704. The highest BCUT2D eigenvalue weighted by atomic mass is 15.3. The third kappa shape index (κ3) is 0.966. The van der Waals surface area contributed by atoms with E-state index in [0.29, 0.717) is 0 Å². The minimum Gasteiger partial charge on any atom is -0.330 e. The molecule has 1 fully saturated rings. The van der Waals surface area contributed by atoms with Gasteiger partial charge in [-0.1, -0.05) is 6.42 Å². The molecule has 0 aromatic carbocycles. The summed E-state index contributed by atoms with van der Waals surface area (Å²) in [7, 11) is 1.95. The second-order valence-electron chi connectivity index (χ2n) is 3.71. The van der Waals surface area contributed by atoms with Gasteiger partial charge in [0.1, 0.15) is 0 Å². The van der Waals surface area contributed by atoms with Gasteiger partial charge in [0.2, 0.25) is 0 Å². The van der Waals surface area contributed by atoms with Crippen molar-refractivity contribution < 1.29 is 0 Å². The molecule has 1 aliphatic carbocycles. The summed E-state index contributed by atoms with van der Waals surface area (Å²) in [5.41, 5.74) is 7.16. The number of aromatic nitrogens is 2. The van der Waals surface area contributed by atoms with E-state index in [1.807, 2.05) is 17.9 Å². The van der Waals surface area contributed by atoms with Crippen molar-refractivity contribution in [2.24, 2.45) is 12.8 Å². The molecule has 0 saturated heterocycles. The van der Waals surface area contributed by atoms with Gasteiger partial charge in [-0.05, 0) is 18.9 Å². The lowest BCUT2D eigenvalue weighted by atomic mass is 9.67. The zero-order chi connectivity index (χ0) is 8.60. The Morgan fingerprint density at radius 2 is 2.42 bits per heavy atom. The van der Waals surface area contributed by atoms with Crippen LogP contribution in [0, 0.1) is 0 Å². The minimum atomic E-state index is 0.223. The number of rotatable bonds is 2. The summed E-state index contributed by atoms with van der Waals surface area (Å²) >= 11 is 0. The fraction of sp³-hybridized carbons (Fsp3) is 0.667. The van der Waals surface area contributed by atoms with Gasteiger partial charge in [0.05, 0.1) is 5.69 Å². The monoisotopic (exact) mass is 165 g/mol. The predicted octanol–water partition coefficient (Wildman–Crippen LogP) is 0.801. The molecule has 0 amide bonds. The summed E-state index contributed by atoms with van der Waals surface area (Å²) in [6.07, 6.45) is 5.71. The van der Waals surface area contributed by atoms with Gasteiger partial charge in [-0.25, -0.2) is 0 Å². The maximum absolute atomic E-state index is 5.76. The second kappa shape index (κ2) is 2.59. The SMILES string of the molecule is Cn1ccc(C2(CN)CCC2)n1. The van der Waals surface area contributed by atoms with Gasteiger partial charge in [-0.15, -0.1) is 0 Å². The molecule has 0 bridgehead atoms. The lowest BCUT2D eigenvalue weighted by molar-refractivity contribution is 0.244. The van der Waals surface area contributed by atoms with Gasteiger partial charge in [0, 0.05) is 25.2 Å². The molecule has 0 aliphatic heterocycles. The van der Waals surface area contributed by atoms with Gasteiger partial charge in [0.15, 0.2) is 0 Å². The Hall–Kier alpha value is -0.830. The van der Waals surface area contributed by atoms with E-state index in [1.165, 1.54) is 25.0 Å². The maximum Gasteiger partial charge on any atom is 0.0698 e. The van der Waals surface area contributed by atoms with Crippen LogP contribution in [0.15, 0.2) is 12.3 Å². The van der Waals surface area contributed by atoms with E-state index in [4.69, 9.17) is 5.73 Å². The first-order chi connectivity index (χ1) is 5.77. The Balaban J connectivity index is 2.27. The van der Waals surface area contributed by atoms with Gasteiger partial charge >= 0.3 is 0 Å². The average molecular weight is 165 g/mol. The summed E-state index contributed by atoms with van der Waals surface area (Å²) in [6.45, 7) is 0.740. The minimum absolute atomic E-state index is 0.223. The fourth-order valence-electron chi connectivity index (χ4n) is 1.87. The van der Waals surface area contributed by atoms with Crippen LogP contribution in [-0.2, 0) is 12.5 Å². The molecule has 1 saturated carbocycles. The Labute approximate surface area is 72.6 Å². The molecule has 1 aromatic rings. The Morgan fingerprint density at radius 3 is 2.75 bits per heavy atom. The second-order valence-corrected chi connectivity index (χ2v) is 3.71. The summed E-state index contributed by atoms with van der Waals surface area (Å²) < 4.78 is 1.85. The molecule has 3 heteroatoms. The lowest BCUT2D eigenvalue weighted by Crippen LogP contribution is -2.41. The molecular formula is C9H15N3. The van der Waals surface area contributed by atoms with Crippen molar-refractivity contribution in [3.05, 3.63) is 18.0 Å². The van der Waals surface area contributed by atoms with Crippen molar-refractivity contribution in [2.75, 3.05) is 6.54 Å². The summed E-state index contributed by atoms with van der Waals surface area (Å²) in [4.78, 5) is 0. The van der Waals surface area contributed by atoms with Crippen molar-refractivity contribution in [2.45, 2.75) is 24.7 Å². The first-order valence-electron chi connectivity index (χ1n) is 4.47. The van der Waals surface area contributed by atoms with Crippen LogP contribution >= 0.6 is 0 Å². The van der Waals surface area contributed by atoms with Crippen molar-refractivity contribution in [3.63, 3.8) is 0 Å². The van der Waals surface area contributed by atoms with Gasteiger partial charge < -0.3 is 5.73 Å². The molecule has 1 aliphatic rings. The van der Waals surface area contributed by atoms with Crippen LogP contribution in [0.5, 0.6) is 0 Å². The zero-order valence-corrected chi connectivity index (χ0v) is 7.45. The van der Waals surface area contributed by atoms with Crippen LogP contribution in [0.1, 0.15) is 25.0 Å². The molecule has 0 atom stereocenters. The Kier molecular flexibility index (Phi) is 1.68. The van der Waals surface area contributed by atoms with E-state index in [-0.39, 0.29) is 5.41 Å². The van der Waals surface area contributed by atoms with E-state index in [1.54, 1.807) is 0 Å². The molecule has 2 rings (SSSR count). The van der Waals surface area contributed by atoms with Crippen LogP contribution in [0.25, 0.3) is 0 Å². The molecule has 1 aromatic heterocycles. The first kappa shape index (κ1) is 7.80. The Bertz CT molecular complexity index is 268. The topological polar surface area (TPSA) is 43.8 Å². The number of aryl methyl sites for hydroxylation is 1. The molecule has 0 unspecified atom stereocenters. The highest BCUT2D eigenvalue weighted by Crippen LogP contribution is 2.41. The van der Waals surface area contributed by atoms with Gasteiger partial charge in [-0.3, -0.25) is 4.68 Å². The van der Waals surface area contributed by atoms with Crippen LogP contribution in [0.3, 0.4) is 0 Å². The largest absolute Gasteiger partial charge is 0.330 e. The number of hydrogen-bond donors (Lipinski definition) is 1. The smallest absolute Gasteiger partial charge is 0.0698 e. The molecule has 3 nitrogen and oxygen atoms in total. The molecule has 2 N–H and O–H groups in total. The van der Waals surface area contributed by atoms with E-state index in [9.17, 15) is 0 Å². The summed E-state index contributed by atoms with van der Waals surface area (Å²) in [6, 6.07) is 2.09. The van der Waals surface area contributed by atoms with Crippen molar-refractivity contribution >= 4 is 0 Å². The third-order valence-electron chi connectivity index (χ3n) is 2.96. The van der Waals surface area contributed by atoms with Crippen molar-refractivity contribution in [1.82, 2.24) is 9.78 Å². The van der Waals surface area contributed by atoms with E-state index in [2.05, 4.69) is 11.2 Å². The summed E-state index contributed by atoms with van der Waals surface area (Å²) in [5.74, 6) is 0. The number of hydrogen-bond acceptors (Lipinski definition) is 2. The normalized spacial score (nSPS) is 20.5. The molecule has 0 spiro atoms. The highest BCUT2D eigenvalue weighted by Gasteiger charge is 2.39. The van der Waals surface area contributed by atoms with Crippen LogP contribution < -0.4 is 5.73 Å². The van der Waals surface area contributed by atoms with Gasteiger partial charge in [0.25, 0.3) is 0 Å². The lowest BCUT2D eigenvalue weighted by Gasteiger charge is -2.39. The predicted molar refractivity (Wildman–Crippen MR) is 47.8 cm³/mol. The van der Waals surface area contributed by atoms with E-state index in [0.717, 1.165) is 6.54 Å². The highest BCUT2D eigenvalue weighted by molar-refractivity contribution is 5.19. The number of nitrogens with two attached hydrogens (primary N) is 1. The maximum atomic E-state index is 5.76. The molecular weight excluding hydrogens is 150 g/mol. The fourth-order valence-corrected chi connectivity index (χ4v) is 1.87. The number of nitrogens with zero attached hydrogens (tertiary/aromatic N) is 2. The Morgan fingerprint density at radius 1 is 1.67 bits per heavy atom. The van der Waals surface area contributed by atoms with Crippen LogP contribution in [-0.4, -0.2) is 16.3 Å².